The quantitative estimate of drug-likeness (QED) is 0.822. The fourth-order valence-corrected chi connectivity index (χ4v) is 2.02. The molecular weight excluding hydrogens is 236 g/mol. The van der Waals surface area contributed by atoms with Crippen LogP contribution in [0.3, 0.4) is 0 Å². The summed E-state index contributed by atoms with van der Waals surface area (Å²) in [4.78, 5) is 4.29. The predicted molar refractivity (Wildman–Crippen MR) is 67.0 cm³/mol. The van der Waals surface area contributed by atoms with Crippen molar-refractivity contribution in [1.82, 2.24) is 15.2 Å². The second-order valence-electron chi connectivity index (χ2n) is 3.46. The molecule has 0 aliphatic heterocycles. The lowest BCUT2D eigenvalue weighted by Gasteiger charge is -2.02. The van der Waals surface area contributed by atoms with Crippen LogP contribution in [-0.2, 0) is 5.75 Å². The third-order valence-electron chi connectivity index (χ3n) is 2.05. The highest BCUT2D eigenvalue weighted by molar-refractivity contribution is 7.98. The van der Waals surface area contributed by atoms with Crippen LogP contribution in [0.4, 0.5) is 5.82 Å². The first-order valence-electron chi connectivity index (χ1n) is 5.39. The van der Waals surface area contributed by atoms with Crippen LogP contribution in [0.5, 0.6) is 0 Å². The normalized spacial score (nSPS) is 10.5. The van der Waals surface area contributed by atoms with Crippen LogP contribution in [0, 0.1) is 6.92 Å². The van der Waals surface area contributed by atoms with Crippen LogP contribution < -0.4 is 5.32 Å². The zero-order valence-electron chi connectivity index (χ0n) is 9.80. The molecule has 2 aromatic heterocycles. The van der Waals surface area contributed by atoms with Gasteiger partial charge in [-0.05, 0) is 18.6 Å². The Kier molecular flexibility index (Phi) is 3.98. The van der Waals surface area contributed by atoms with E-state index in [4.69, 9.17) is 4.42 Å². The molecule has 0 radical (unpaired) electrons. The third-order valence-corrected chi connectivity index (χ3v) is 2.94. The van der Waals surface area contributed by atoms with Crippen LogP contribution in [0.25, 0.3) is 0 Å². The Bertz CT molecular complexity index is 469. The van der Waals surface area contributed by atoms with Gasteiger partial charge in [-0.2, -0.15) is 0 Å². The van der Waals surface area contributed by atoms with Crippen molar-refractivity contribution in [3.05, 3.63) is 29.8 Å². The molecule has 1 N–H and O–H groups in total. The molecule has 17 heavy (non-hydrogen) atoms. The molecule has 0 spiro atoms. The average molecular weight is 250 g/mol. The number of thioether (sulfide) groups is 1. The van der Waals surface area contributed by atoms with Gasteiger partial charge < -0.3 is 9.73 Å². The van der Waals surface area contributed by atoms with Crippen molar-refractivity contribution in [2.24, 2.45) is 0 Å². The number of hydrogen-bond acceptors (Lipinski definition) is 6. The van der Waals surface area contributed by atoms with Gasteiger partial charge in [-0.25, -0.2) is 4.98 Å². The van der Waals surface area contributed by atoms with Gasteiger partial charge in [0.2, 0.25) is 5.89 Å². The molecule has 90 valence electrons. The van der Waals surface area contributed by atoms with E-state index in [0.29, 0.717) is 11.1 Å². The topological polar surface area (TPSA) is 63.8 Å². The minimum atomic E-state index is 0.591. The Morgan fingerprint density at radius 1 is 1.35 bits per heavy atom. The predicted octanol–water partition coefficient (Wildman–Crippen LogP) is 2.50. The number of rotatable bonds is 5. The molecule has 2 aromatic rings. The van der Waals surface area contributed by atoms with Crippen LogP contribution in [0.1, 0.15) is 18.4 Å². The van der Waals surface area contributed by atoms with E-state index in [0.717, 1.165) is 23.7 Å². The number of aryl methyl sites for hydroxylation is 1. The molecule has 6 heteroatoms. The van der Waals surface area contributed by atoms with Gasteiger partial charge in [0.05, 0.1) is 0 Å². The maximum Gasteiger partial charge on any atom is 0.276 e. The van der Waals surface area contributed by atoms with Gasteiger partial charge in [0, 0.05) is 25.4 Å². The van der Waals surface area contributed by atoms with Crippen molar-refractivity contribution in [3.8, 4) is 0 Å². The Hall–Kier alpha value is -1.56. The first kappa shape index (κ1) is 11.9. The van der Waals surface area contributed by atoms with Crippen LogP contribution >= 0.6 is 11.8 Å². The van der Waals surface area contributed by atoms with Crippen LogP contribution in [0.15, 0.2) is 28.0 Å². The first-order valence-corrected chi connectivity index (χ1v) is 6.38. The smallest absolute Gasteiger partial charge is 0.276 e. The fraction of sp³-hybridized carbons (Fsp3) is 0.364. The second kappa shape index (κ2) is 5.67. The van der Waals surface area contributed by atoms with Gasteiger partial charge >= 0.3 is 0 Å². The van der Waals surface area contributed by atoms with Crippen molar-refractivity contribution in [3.63, 3.8) is 0 Å². The second-order valence-corrected chi connectivity index (χ2v) is 4.38. The molecule has 0 aliphatic rings. The van der Waals surface area contributed by atoms with E-state index in [-0.39, 0.29) is 0 Å². The Balaban J connectivity index is 1.90. The van der Waals surface area contributed by atoms with Gasteiger partial charge in [0.1, 0.15) is 5.82 Å². The molecule has 0 bridgehead atoms. The molecular formula is C11H14N4OS. The number of anilines is 1. The first-order chi connectivity index (χ1) is 8.28. The van der Waals surface area contributed by atoms with E-state index in [2.05, 4.69) is 20.5 Å². The lowest BCUT2D eigenvalue weighted by molar-refractivity contribution is 0.429. The van der Waals surface area contributed by atoms with Crippen molar-refractivity contribution < 1.29 is 4.42 Å². The van der Waals surface area contributed by atoms with Crippen molar-refractivity contribution in [2.75, 3.05) is 11.9 Å². The molecule has 2 heterocycles. The highest BCUT2D eigenvalue weighted by Gasteiger charge is 2.03. The Labute approximate surface area is 104 Å². The van der Waals surface area contributed by atoms with E-state index in [1.54, 1.807) is 6.92 Å². The highest BCUT2D eigenvalue weighted by Crippen LogP contribution is 2.21. The summed E-state index contributed by atoms with van der Waals surface area (Å²) in [5, 5.41) is 11.4. The van der Waals surface area contributed by atoms with Gasteiger partial charge in [0.25, 0.3) is 5.22 Å². The molecule has 5 nitrogen and oxygen atoms in total. The zero-order chi connectivity index (χ0) is 12.1. The minimum Gasteiger partial charge on any atom is -0.416 e. The SMILES string of the molecule is CCNc1ccc(CSc2nnc(C)o2)cn1. The number of aromatic nitrogens is 3. The molecule has 2 rings (SSSR count). The maximum atomic E-state index is 5.28. The number of nitrogens with one attached hydrogen (secondary N) is 1. The van der Waals surface area contributed by atoms with Gasteiger partial charge in [0.15, 0.2) is 0 Å². The minimum absolute atomic E-state index is 0.591. The van der Waals surface area contributed by atoms with Crippen molar-refractivity contribution in [2.45, 2.75) is 24.8 Å². The third kappa shape index (κ3) is 3.45. The Morgan fingerprint density at radius 3 is 2.82 bits per heavy atom. The highest BCUT2D eigenvalue weighted by atomic mass is 32.2. The van der Waals surface area contributed by atoms with Crippen molar-refractivity contribution in [1.29, 1.82) is 0 Å². The van der Waals surface area contributed by atoms with E-state index >= 15 is 0 Å². The summed E-state index contributed by atoms with van der Waals surface area (Å²) in [5.74, 6) is 2.27. The molecule has 0 aliphatic carbocycles. The summed E-state index contributed by atoms with van der Waals surface area (Å²) in [7, 11) is 0. The van der Waals surface area contributed by atoms with Crippen molar-refractivity contribution >= 4 is 17.6 Å². The molecule has 0 amide bonds. The monoisotopic (exact) mass is 250 g/mol. The lowest BCUT2D eigenvalue weighted by atomic mass is 10.3. The number of hydrogen-bond donors (Lipinski definition) is 1. The molecule has 0 saturated heterocycles. The van der Waals surface area contributed by atoms with Gasteiger partial charge in [-0.1, -0.05) is 17.8 Å². The van der Waals surface area contributed by atoms with Gasteiger partial charge in [-0.3, -0.25) is 0 Å². The molecule has 0 saturated carbocycles. The number of pyridine rings is 1. The summed E-state index contributed by atoms with van der Waals surface area (Å²) < 4.78 is 5.28. The van der Waals surface area contributed by atoms with E-state index in [1.807, 2.05) is 25.3 Å². The summed E-state index contributed by atoms with van der Waals surface area (Å²) in [6.07, 6.45) is 1.86. The molecule has 0 unspecified atom stereocenters. The van der Waals surface area contributed by atoms with E-state index in [9.17, 15) is 0 Å². The zero-order valence-corrected chi connectivity index (χ0v) is 10.6. The fourth-order valence-electron chi connectivity index (χ4n) is 1.28. The summed E-state index contributed by atoms with van der Waals surface area (Å²) in [5.41, 5.74) is 1.13. The maximum absolute atomic E-state index is 5.28. The molecule has 0 fully saturated rings. The number of nitrogens with zero attached hydrogens (tertiary/aromatic N) is 3. The van der Waals surface area contributed by atoms with Crippen LogP contribution in [-0.4, -0.2) is 21.7 Å². The Morgan fingerprint density at radius 2 is 2.24 bits per heavy atom. The van der Waals surface area contributed by atoms with Crippen LogP contribution in [0.2, 0.25) is 0 Å². The summed E-state index contributed by atoms with van der Waals surface area (Å²) in [6, 6.07) is 4.01. The average Bonchev–Trinajstić information content (AvgIpc) is 2.75. The standard InChI is InChI=1S/C11H14N4OS/c1-3-12-10-5-4-9(6-13-10)7-17-11-15-14-8(2)16-11/h4-6H,3,7H2,1-2H3,(H,12,13). The lowest BCUT2D eigenvalue weighted by Crippen LogP contribution is -1.98. The summed E-state index contributed by atoms with van der Waals surface area (Å²) in [6.45, 7) is 4.70. The molecule has 0 atom stereocenters. The largest absolute Gasteiger partial charge is 0.416 e. The van der Waals surface area contributed by atoms with E-state index < -0.39 is 0 Å². The van der Waals surface area contributed by atoms with E-state index in [1.165, 1.54) is 11.8 Å². The summed E-state index contributed by atoms with van der Waals surface area (Å²) >= 11 is 1.51. The van der Waals surface area contributed by atoms with Gasteiger partial charge in [-0.15, -0.1) is 10.2 Å². The molecule has 0 aromatic carbocycles.